The number of nitrogens with zero attached hydrogens (tertiary/aromatic N) is 3. The fraction of sp³-hybridized carbons (Fsp3) is 0.0909. The predicted molar refractivity (Wildman–Crippen MR) is 116 cm³/mol. The highest BCUT2D eigenvalue weighted by molar-refractivity contribution is 6.33. The van der Waals surface area contributed by atoms with Crippen molar-refractivity contribution in [1.29, 1.82) is 0 Å². The molecule has 1 heterocycles. The Bertz CT molecular complexity index is 1330. The lowest BCUT2D eigenvalue weighted by Gasteiger charge is -2.03. The molecule has 0 spiro atoms. The molecule has 4 aromatic rings. The van der Waals surface area contributed by atoms with Crippen molar-refractivity contribution in [3.8, 4) is 17.2 Å². The Morgan fingerprint density at radius 2 is 1.93 bits per heavy atom. The zero-order valence-electron chi connectivity index (χ0n) is 16.1. The van der Waals surface area contributed by atoms with Gasteiger partial charge in [-0.15, -0.1) is 0 Å². The first kappa shape index (κ1) is 19.6. The number of rotatable bonds is 4. The van der Waals surface area contributed by atoms with Crippen LogP contribution >= 0.6 is 11.6 Å². The van der Waals surface area contributed by atoms with Crippen LogP contribution in [0.4, 0.5) is 11.4 Å². The average molecular weight is 422 g/mol. The van der Waals surface area contributed by atoms with E-state index in [0.717, 1.165) is 11.1 Å². The van der Waals surface area contributed by atoms with Crippen LogP contribution in [0.15, 0.2) is 57.9 Å². The molecule has 0 aliphatic carbocycles. The number of aromatic hydroxyl groups is 1. The second-order valence-electron chi connectivity index (χ2n) is 6.89. The molecule has 1 N–H and O–H groups in total. The van der Waals surface area contributed by atoms with Gasteiger partial charge < -0.3 is 9.52 Å². The van der Waals surface area contributed by atoms with Gasteiger partial charge in [-0.1, -0.05) is 17.7 Å². The first-order chi connectivity index (χ1) is 14.3. The summed E-state index contributed by atoms with van der Waals surface area (Å²) in [7, 11) is 0. The summed E-state index contributed by atoms with van der Waals surface area (Å²) in [6.45, 7) is 3.68. The quantitative estimate of drug-likeness (QED) is 0.242. The Labute approximate surface area is 176 Å². The van der Waals surface area contributed by atoms with E-state index in [1.165, 1.54) is 12.3 Å². The fourth-order valence-electron chi connectivity index (χ4n) is 3.08. The lowest BCUT2D eigenvalue weighted by atomic mass is 10.1. The van der Waals surface area contributed by atoms with Crippen molar-refractivity contribution >= 4 is 40.3 Å². The Balaban J connectivity index is 1.72. The third-order valence-corrected chi connectivity index (χ3v) is 4.87. The van der Waals surface area contributed by atoms with Gasteiger partial charge in [-0.2, -0.15) is 0 Å². The van der Waals surface area contributed by atoms with Gasteiger partial charge in [-0.05, 0) is 61.4 Å². The number of phenolic OH excluding ortho intramolecular Hbond substituents is 1. The van der Waals surface area contributed by atoms with Crippen LogP contribution in [-0.2, 0) is 0 Å². The predicted octanol–water partition coefficient (Wildman–Crippen LogP) is 6.13. The Morgan fingerprint density at radius 1 is 1.13 bits per heavy atom. The summed E-state index contributed by atoms with van der Waals surface area (Å²) >= 11 is 6.34. The Hall–Kier alpha value is -3.71. The van der Waals surface area contributed by atoms with E-state index in [2.05, 4.69) is 9.98 Å². The van der Waals surface area contributed by atoms with Gasteiger partial charge in [0.05, 0.1) is 21.2 Å². The molecular formula is C22H16ClN3O4. The van der Waals surface area contributed by atoms with Gasteiger partial charge in [0.15, 0.2) is 5.58 Å². The molecule has 0 fully saturated rings. The number of hydrogen-bond donors (Lipinski definition) is 1. The molecule has 0 atom stereocenters. The summed E-state index contributed by atoms with van der Waals surface area (Å²) in [6, 6.07) is 13.7. The molecule has 150 valence electrons. The number of aromatic nitrogens is 1. The van der Waals surface area contributed by atoms with E-state index in [0.29, 0.717) is 33.3 Å². The molecule has 0 bridgehead atoms. The molecule has 7 nitrogen and oxygen atoms in total. The van der Waals surface area contributed by atoms with Crippen molar-refractivity contribution in [2.45, 2.75) is 13.8 Å². The maximum Gasteiger partial charge on any atom is 0.311 e. The van der Waals surface area contributed by atoms with E-state index < -0.39 is 10.7 Å². The molecule has 3 aromatic carbocycles. The number of phenols is 1. The monoisotopic (exact) mass is 421 g/mol. The SMILES string of the molecule is Cc1cc(C=Nc2ccc(Cl)c(-c3nc4cc(C)ccc4o3)c2)c(O)c([N+](=O)[O-])c1. The fourth-order valence-corrected chi connectivity index (χ4v) is 3.28. The summed E-state index contributed by atoms with van der Waals surface area (Å²) in [6.07, 6.45) is 1.37. The third-order valence-electron chi connectivity index (χ3n) is 4.54. The Morgan fingerprint density at radius 3 is 2.70 bits per heavy atom. The van der Waals surface area contributed by atoms with Crippen LogP contribution in [0.3, 0.4) is 0 Å². The smallest absolute Gasteiger partial charge is 0.311 e. The highest BCUT2D eigenvalue weighted by Crippen LogP contribution is 2.34. The maximum atomic E-state index is 11.1. The summed E-state index contributed by atoms with van der Waals surface area (Å²) in [5.41, 5.74) is 4.06. The van der Waals surface area contributed by atoms with E-state index >= 15 is 0 Å². The van der Waals surface area contributed by atoms with Crippen molar-refractivity contribution in [3.05, 3.63) is 80.4 Å². The van der Waals surface area contributed by atoms with E-state index in [4.69, 9.17) is 16.0 Å². The van der Waals surface area contributed by atoms with Crippen molar-refractivity contribution in [1.82, 2.24) is 4.98 Å². The second kappa shape index (κ2) is 7.61. The molecule has 1 aromatic heterocycles. The lowest BCUT2D eigenvalue weighted by Crippen LogP contribution is -1.93. The van der Waals surface area contributed by atoms with Crippen LogP contribution in [0.1, 0.15) is 16.7 Å². The summed E-state index contributed by atoms with van der Waals surface area (Å²) < 4.78 is 5.82. The number of aliphatic imine (C=N–C) groups is 1. The van der Waals surface area contributed by atoms with Crippen LogP contribution < -0.4 is 0 Å². The second-order valence-corrected chi connectivity index (χ2v) is 7.30. The van der Waals surface area contributed by atoms with Crippen LogP contribution in [0.5, 0.6) is 5.75 Å². The minimum absolute atomic E-state index is 0.246. The van der Waals surface area contributed by atoms with E-state index in [1.807, 2.05) is 25.1 Å². The number of nitro benzene ring substituents is 1. The van der Waals surface area contributed by atoms with Crippen molar-refractivity contribution in [3.63, 3.8) is 0 Å². The highest BCUT2D eigenvalue weighted by atomic mass is 35.5. The van der Waals surface area contributed by atoms with Crippen LogP contribution in [0.2, 0.25) is 5.02 Å². The van der Waals surface area contributed by atoms with Crippen molar-refractivity contribution in [2.75, 3.05) is 0 Å². The van der Waals surface area contributed by atoms with E-state index in [-0.39, 0.29) is 11.3 Å². The average Bonchev–Trinajstić information content (AvgIpc) is 3.12. The largest absolute Gasteiger partial charge is 0.502 e. The molecule has 8 heteroatoms. The van der Waals surface area contributed by atoms with E-state index in [9.17, 15) is 15.2 Å². The zero-order valence-corrected chi connectivity index (χ0v) is 16.8. The molecule has 0 saturated heterocycles. The lowest BCUT2D eigenvalue weighted by molar-refractivity contribution is -0.385. The molecule has 4 rings (SSSR count). The van der Waals surface area contributed by atoms with Gasteiger partial charge in [0.2, 0.25) is 11.6 Å². The molecule has 0 aliphatic rings. The maximum absolute atomic E-state index is 11.1. The molecular weight excluding hydrogens is 406 g/mol. The topological polar surface area (TPSA) is 102 Å². The number of hydrogen-bond acceptors (Lipinski definition) is 6. The first-order valence-electron chi connectivity index (χ1n) is 9.01. The number of nitro groups is 1. The van der Waals surface area contributed by atoms with Crippen LogP contribution in [-0.4, -0.2) is 21.2 Å². The molecule has 0 unspecified atom stereocenters. The van der Waals surface area contributed by atoms with Gasteiger partial charge in [0.25, 0.3) is 0 Å². The van der Waals surface area contributed by atoms with Crippen LogP contribution in [0.25, 0.3) is 22.6 Å². The van der Waals surface area contributed by atoms with Gasteiger partial charge in [-0.25, -0.2) is 4.98 Å². The molecule has 0 radical (unpaired) electrons. The number of oxazole rings is 1. The van der Waals surface area contributed by atoms with Gasteiger partial charge in [0.1, 0.15) is 5.52 Å². The Kier molecular flexibility index (Phi) is 4.97. The molecule has 0 saturated carbocycles. The summed E-state index contributed by atoms with van der Waals surface area (Å²) in [5, 5.41) is 21.7. The highest BCUT2D eigenvalue weighted by Gasteiger charge is 2.17. The normalized spacial score (nSPS) is 11.4. The minimum Gasteiger partial charge on any atom is -0.502 e. The standard InChI is InChI=1S/C22H16ClN3O4/c1-12-3-6-20-18(8-12)25-22(30-20)16-10-15(4-5-17(16)23)24-11-14-7-13(2)9-19(21(14)27)26(28)29/h3-11,27H,1-2H3. The van der Waals surface area contributed by atoms with Gasteiger partial charge in [0, 0.05) is 17.8 Å². The minimum atomic E-state index is -0.630. The number of aryl methyl sites for hydroxylation is 2. The summed E-state index contributed by atoms with van der Waals surface area (Å²) in [4.78, 5) is 19.3. The number of fused-ring (bicyclic) bond motifs is 1. The third kappa shape index (κ3) is 3.75. The van der Waals surface area contributed by atoms with E-state index in [1.54, 1.807) is 31.2 Å². The van der Waals surface area contributed by atoms with Crippen molar-refractivity contribution in [2.24, 2.45) is 4.99 Å². The first-order valence-corrected chi connectivity index (χ1v) is 9.39. The molecule has 0 amide bonds. The van der Waals surface area contributed by atoms with Gasteiger partial charge in [-0.3, -0.25) is 15.1 Å². The van der Waals surface area contributed by atoms with Gasteiger partial charge >= 0.3 is 5.69 Å². The molecule has 0 aliphatic heterocycles. The number of benzene rings is 3. The zero-order chi connectivity index (χ0) is 21.4. The molecule has 30 heavy (non-hydrogen) atoms. The van der Waals surface area contributed by atoms with Crippen molar-refractivity contribution < 1.29 is 14.4 Å². The summed E-state index contributed by atoms with van der Waals surface area (Å²) in [5.74, 6) is -0.0652. The van der Waals surface area contributed by atoms with Crippen LogP contribution in [0, 0.1) is 24.0 Å². The number of halogens is 1.